The third kappa shape index (κ3) is 3.80. The van der Waals surface area contributed by atoms with Gasteiger partial charge in [0, 0.05) is 25.7 Å². The Balaban J connectivity index is 1.92. The van der Waals surface area contributed by atoms with Crippen LogP contribution in [0.5, 0.6) is 5.75 Å². The molecule has 5 nitrogen and oxygen atoms in total. The van der Waals surface area contributed by atoms with E-state index >= 15 is 0 Å². The van der Waals surface area contributed by atoms with Crippen LogP contribution in [0.1, 0.15) is 29.8 Å². The summed E-state index contributed by atoms with van der Waals surface area (Å²) in [6.45, 7) is 3.08. The van der Waals surface area contributed by atoms with E-state index in [2.05, 4.69) is 10.4 Å². The number of aryl methyl sites for hydroxylation is 2. The first-order valence-corrected chi connectivity index (χ1v) is 7.67. The molecule has 0 aliphatic carbocycles. The molecule has 6 heteroatoms. The van der Waals surface area contributed by atoms with Gasteiger partial charge < -0.3 is 15.2 Å². The van der Waals surface area contributed by atoms with Crippen LogP contribution in [0.3, 0.4) is 0 Å². The highest BCUT2D eigenvalue weighted by Crippen LogP contribution is 2.20. The summed E-state index contributed by atoms with van der Waals surface area (Å²) in [7, 11) is 3.45. The van der Waals surface area contributed by atoms with Gasteiger partial charge in [0.25, 0.3) is 0 Å². The largest absolute Gasteiger partial charge is 0.497 e. The molecule has 0 saturated heterocycles. The second-order valence-corrected chi connectivity index (χ2v) is 5.47. The van der Waals surface area contributed by atoms with Crippen molar-refractivity contribution in [3.8, 4) is 5.75 Å². The quantitative estimate of drug-likeness (QED) is 0.822. The molecule has 2 aromatic rings. The zero-order valence-corrected chi connectivity index (χ0v) is 13.9. The molecule has 1 heterocycles. The third-order valence-corrected chi connectivity index (χ3v) is 4.10. The van der Waals surface area contributed by atoms with Crippen LogP contribution in [0.15, 0.2) is 24.3 Å². The number of aliphatic hydroxyl groups excluding tert-OH is 1. The number of nitrogens with zero attached hydrogens (tertiary/aromatic N) is 2. The maximum Gasteiger partial charge on any atom is 0.131 e. The molecular weight excluding hydrogens is 302 g/mol. The average molecular weight is 324 g/mol. The molecule has 0 amide bonds. The zero-order chi connectivity index (χ0) is 16.1. The van der Waals surface area contributed by atoms with Gasteiger partial charge in [-0.05, 0) is 24.1 Å². The Labute approximate surface area is 135 Å². The van der Waals surface area contributed by atoms with Crippen LogP contribution in [0.25, 0.3) is 0 Å². The molecule has 22 heavy (non-hydrogen) atoms. The van der Waals surface area contributed by atoms with E-state index in [4.69, 9.17) is 16.3 Å². The van der Waals surface area contributed by atoms with Crippen LogP contribution in [0, 0.1) is 0 Å². The van der Waals surface area contributed by atoms with Gasteiger partial charge in [-0.2, -0.15) is 5.10 Å². The topological polar surface area (TPSA) is 59.3 Å². The second kappa shape index (κ2) is 7.63. The van der Waals surface area contributed by atoms with Gasteiger partial charge >= 0.3 is 0 Å². The van der Waals surface area contributed by atoms with Gasteiger partial charge in [-0.3, -0.25) is 4.68 Å². The van der Waals surface area contributed by atoms with E-state index in [0.29, 0.717) is 18.2 Å². The van der Waals surface area contributed by atoms with Gasteiger partial charge in [0.15, 0.2) is 0 Å². The Kier molecular flexibility index (Phi) is 5.83. The van der Waals surface area contributed by atoms with Crippen LogP contribution >= 0.6 is 11.6 Å². The highest BCUT2D eigenvalue weighted by atomic mass is 35.5. The van der Waals surface area contributed by atoms with E-state index in [1.165, 1.54) is 0 Å². The first kappa shape index (κ1) is 16.8. The summed E-state index contributed by atoms with van der Waals surface area (Å²) < 4.78 is 6.79. The Hall–Kier alpha value is -1.56. The first-order chi connectivity index (χ1) is 10.6. The summed E-state index contributed by atoms with van der Waals surface area (Å²) in [5.41, 5.74) is 2.83. The second-order valence-electron chi connectivity index (χ2n) is 5.11. The Morgan fingerprint density at radius 3 is 2.64 bits per heavy atom. The van der Waals surface area contributed by atoms with Gasteiger partial charge in [-0.25, -0.2) is 0 Å². The van der Waals surface area contributed by atoms with Crippen molar-refractivity contribution in [1.29, 1.82) is 0 Å². The van der Waals surface area contributed by atoms with E-state index in [0.717, 1.165) is 29.0 Å². The number of nitrogens with one attached hydrogen (secondary N) is 1. The molecule has 2 N–H and O–H groups in total. The normalized spacial score (nSPS) is 12.4. The molecule has 1 unspecified atom stereocenters. The molecule has 0 aliphatic heterocycles. The fourth-order valence-electron chi connectivity index (χ4n) is 2.34. The number of halogens is 1. The van der Waals surface area contributed by atoms with Gasteiger partial charge in [-0.15, -0.1) is 0 Å². The molecule has 0 spiro atoms. The number of benzene rings is 1. The first-order valence-electron chi connectivity index (χ1n) is 7.29. The van der Waals surface area contributed by atoms with Gasteiger partial charge in [0.1, 0.15) is 10.9 Å². The Morgan fingerprint density at radius 2 is 2.05 bits per heavy atom. The van der Waals surface area contributed by atoms with Gasteiger partial charge in [-0.1, -0.05) is 30.7 Å². The molecule has 0 radical (unpaired) electrons. The van der Waals surface area contributed by atoms with Gasteiger partial charge in [0.2, 0.25) is 0 Å². The number of methoxy groups -OCH3 is 1. The maximum absolute atomic E-state index is 10.2. The van der Waals surface area contributed by atoms with Gasteiger partial charge in [0.05, 0.1) is 18.9 Å². The van der Waals surface area contributed by atoms with Crippen molar-refractivity contribution < 1.29 is 9.84 Å². The molecule has 2 rings (SSSR count). The van der Waals surface area contributed by atoms with E-state index in [1.807, 2.05) is 38.2 Å². The number of hydrogen-bond donors (Lipinski definition) is 2. The number of ether oxygens (including phenoxy) is 1. The monoisotopic (exact) mass is 323 g/mol. The Morgan fingerprint density at radius 1 is 1.36 bits per heavy atom. The zero-order valence-electron chi connectivity index (χ0n) is 13.1. The molecule has 0 aliphatic rings. The molecule has 1 atom stereocenters. The fourth-order valence-corrected chi connectivity index (χ4v) is 2.55. The molecule has 1 aromatic heterocycles. The van der Waals surface area contributed by atoms with Crippen LogP contribution in [0.4, 0.5) is 0 Å². The van der Waals surface area contributed by atoms with E-state index in [-0.39, 0.29) is 0 Å². The highest BCUT2D eigenvalue weighted by molar-refractivity contribution is 6.30. The van der Waals surface area contributed by atoms with E-state index in [9.17, 15) is 5.11 Å². The Bertz CT molecular complexity index is 611. The van der Waals surface area contributed by atoms with Crippen molar-refractivity contribution in [3.05, 3.63) is 46.2 Å². The minimum Gasteiger partial charge on any atom is -0.497 e. The van der Waals surface area contributed by atoms with E-state index < -0.39 is 6.10 Å². The van der Waals surface area contributed by atoms with Crippen molar-refractivity contribution in [2.45, 2.75) is 26.0 Å². The van der Waals surface area contributed by atoms with Crippen LogP contribution in [0.2, 0.25) is 5.15 Å². The number of rotatable bonds is 7. The molecule has 0 bridgehead atoms. The lowest BCUT2D eigenvalue weighted by molar-refractivity contribution is 0.174. The summed E-state index contributed by atoms with van der Waals surface area (Å²) >= 11 is 6.24. The molecule has 1 aromatic carbocycles. The summed E-state index contributed by atoms with van der Waals surface area (Å²) in [6, 6.07) is 7.40. The number of aliphatic hydroxyl groups is 1. The third-order valence-electron chi connectivity index (χ3n) is 3.63. The summed E-state index contributed by atoms with van der Waals surface area (Å²) in [5, 5.41) is 18.5. The van der Waals surface area contributed by atoms with Crippen molar-refractivity contribution in [3.63, 3.8) is 0 Å². The highest BCUT2D eigenvalue weighted by Gasteiger charge is 2.14. The predicted octanol–water partition coefficient (Wildman–Crippen LogP) is 2.47. The summed E-state index contributed by atoms with van der Waals surface area (Å²) in [4.78, 5) is 0. The number of aromatic nitrogens is 2. The van der Waals surface area contributed by atoms with Crippen molar-refractivity contribution in [2.75, 3.05) is 13.7 Å². The lowest BCUT2D eigenvalue weighted by atomic mass is 10.1. The van der Waals surface area contributed by atoms with E-state index in [1.54, 1.807) is 11.8 Å². The van der Waals surface area contributed by atoms with Crippen LogP contribution in [-0.2, 0) is 20.0 Å². The number of hydrogen-bond acceptors (Lipinski definition) is 4. The van der Waals surface area contributed by atoms with Crippen molar-refractivity contribution in [1.82, 2.24) is 15.1 Å². The SMILES string of the molecule is CCc1nn(C)c(Cl)c1CNCC(O)c1ccc(OC)cc1. The predicted molar refractivity (Wildman–Crippen MR) is 87.3 cm³/mol. The maximum atomic E-state index is 10.2. The smallest absolute Gasteiger partial charge is 0.131 e. The lowest BCUT2D eigenvalue weighted by Gasteiger charge is -2.13. The minimum absolute atomic E-state index is 0.445. The van der Waals surface area contributed by atoms with Crippen molar-refractivity contribution in [2.24, 2.45) is 7.05 Å². The van der Waals surface area contributed by atoms with Crippen LogP contribution in [-0.4, -0.2) is 28.5 Å². The molecular formula is C16H22ClN3O2. The fraction of sp³-hybridized carbons (Fsp3) is 0.438. The van der Waals surface area contributed by atoms with Crippen molar-refractivity contribution >= 4 is 11.6 Å². The molecule has 120 valence electrons. The average Bonchev–Trinajstić information content (AvgIpc) is 2.82. The summed E-state index contributed by atoms with van der Waals surface area (Å²) in [6.07, 6.45) is 0.255. The minimum atomic E-state index is -0.577. The molecule has 0 fully saturated rings. The lowest BCUT2D eigenvalue weighted by Crippen LogP contribution is -2.21. The van der Waals surface area contributed by atoms with Crippen LogP contribution < -0.4 is 10.1 Å². The molecule has 0 saturated carbocycles. The standard InChI is InChI=1S/C16H22ClN3O2/c1-4-14-13(16(17)20(2)19-14)9-18-10-15(21)11-5-7-12(22-3)8-6-11/h5-8,15,18,21H,4,9-10H2,1-3H3. The summed E-state index contributed by atoms with van der Waals surface area (Å²) in [5.74, 6) is 0.777.